The van der Waals surface area contributed by atoms with Gasteiger partial charge in [-0.3, -0.25) is 9.80 Å². The fourth-order valence-electron chi connectivity index (χ4n) is 2.88. The second-order valence-corrected chi connectivity index (χ2v) is 6.17. The summed E-state index contributed by atoms with van der Waals surface area (Å²) in [5, 5.41) is 10.2. The summed E-state index contributed by atoms with van der Waals surface area (Å²) in [6.07, 6.45) is 0. The summed E-state index contributed by atoms with van der Waals surface area (Å²) < 4.78 is 0. The lowest BCUT2D eigenvalue weighted by Gasteiger charge is -2.34. The van der Waals surface area contributed by atoms with Crippen LogP contribution in [0.2, 0.25) is 5.02 Å². The molecular formula is C18H21ClN2O. The molecule has 0 aromatic heterocycles. The van der Waals surface area contributed by atoms with E-state index in [4.69, 9.17) is 11.6 Å². The SMILES string of the molecule is Oc1cccc(CN2CCN(Cc3ccccc3)CC2)c1Cl. The van der Waals surface area contributed by atoms with Crippen molar-refractivity contribution in [2.24, 2.45) is 0 Å². The molecule has 0 bridgehead atoms. The largest absolute Gasteiger partial charge is 0.506 e. The van der Waals surface area contributed by atoms with E-state index in [0.29, 0.717) is 5.02 Å². The van der Waals surface area contributed by atoms with Crippen LogP contribution in [0, 0.1) is 0 Å². The molecule has 0 atom stereocenters. The van der Waals surface area contributed by atoms with Crippen molar-refractivity contribution in [1.29, 1.82) is 0 Å². The molecule has 1 heterocycles. The van der Waals surface area contributed by atoms with Gasteiger partial charge in [-0.1, -0.05) is 54.1 Å². The van der Waals surface area contributed by atoms with Gasteiger partial charge in [0, 0.05) is 39.3 Å². The first-order valence-electron chi connectivity index (χ1n) is 7.67. The second-order valence-electron chi connectivity index (χ2n) is 5.79. The van der Waals surface area contributed by atoms with E-state index < -0.39 is 0 Å². The van der Waals surface area contributed by atoms with Crippen LogP contribution in [0.3, 0.4) is 0 Å². The van der Waals surface area contributed by atoms with Gasteiger partial charge in [0.2, 0.25) is 0 Å². The molecule has 1 aliphatic heterocycles. The molecule has 1 fully saturated rings. The number of phenolic OH excluding ortho intramolecular Hbond substituents is 1. The van der Waals surface area contributed by atoms with Crippen LogP contribution in [0.25, 0.3) is 0 Å². The highest BCUT2D eigenvalue weighted by Gasteiger charge is 2.18. The van der Waals surface area contributed by atoms with E-state index >= 15 is 0 Å². The van der Waals surface area contributed by atoms with Crippen molar-refractivity contribution in [2.45, 2.75) is 13.1 Å². The van der Waals surface area contributed by atoms with Gasteiger partial charge in [0.25, 0.3) is 0 Å². The Hall–Kier alpha value is -1.55. The molecule has 0 radical (unpaired) electrons. The standard InChI is InChI=1S/C18H21ClN2O/c19-18-16(7-4-8-17(18)22)14-21-11-9-20(10-12-21)13-15-5-2-1-3-6-15/h1-8,22H,9-14H2. The van der Waals surface area contributed by atoms with Gasteiger partial charge >= 0.3 is 0 Å². The number of halogens is 1. The maximum Gasteiger partial charge on any atom is 0.134 e. The molecule has 0 unspecified atom stereocenters. The van der Waals surface area contributed by atoms with Crippen molar-refractivity contribution >= 4 is 11.6 Å². The van der Waals surface area contributed by atoms with E-state index in [0.717, 1.165) is 44.8 Å². The minimum absolute atomic E-state index is 0.168. The molecule has 1 aliphatic rings. The molecule has 0 saturated carbocycles. The maximum absolute atomic E-state index is 9.68. The molecule has 1 N–H and O–H groups in total. The summed E-state index contributed by atoms with van der Waals surface area (Å²) in [5.41, 5.74) is 2.37. The topological polar surface area (TPSA) is 26.7 Å². The minimum Gasteiger partial charge on any atom is -0.506 e. The molecular weight excluding hydrogens is 296 g/mol. The van der Waals surface area contributed by atoms with Crippen LogP contribution < -0.4 is 0 Å². The molecule has 2 aromatic carbocycles. The highest BCUT2D eigenvalue weighted by Crippen LogP contribution is 2.27. The van der Waals surface area contributed by atoms with E-state index in [1.54, 1.807) is 6.07 Å². The third kappa shape index (κ3) is 3.80. The molecule has 0 aliphatic carbocycles. The molecule has 0 amide bonds. The first-order valence-corrected chi connectivity index (χ1v) is 8.05. The Bertz CT molecular complexity index is 610. The van der Waals surface area contributed by atoms with E-state index in [2.05, 4.69) is 40.1 Å². The molecule has 0 spiro atoms. The molecule has 2 aromatic rings. The predicted molar refractivity (Wildman–Crippen MR) is 90.1 cm³/mol. The molecule has 1 saturated heterocycles. The van der Waals surface area contributed by atoms with Gasteiger partial charge in [-0.25, -0.2) is 0 Å². The monoisotopic (exact) mass is 316 g/mol. The number of hydrogen-bond donors (Lipinski definition) is 1. The van der Waals surface area contributed by atoms with Gasteiger partial charge in [-0.15, -0.1) is 0 Å². The number of benzene rings is 2. The number of phenols is 1. The average molecular weight is 317 g/mol. The van der Waals surface area contributed by atoms with Gasteiger partial charge in [-0.2, -0.15) is 0 Å². The van der Waals surface area contributed by atoms with Gasteiger partial charge in [-0.05, 0) is 17.2 Å². The van der Waals surface area contributed by atoms with Crippen molar-refractivity contribution < 1.29 is 5.11 Å². The van der Waals surface area contributed by atoms with Crippen molar-refractivity contribution in [1.82, 2.24) is 9.80 Å². The summed E-state index contributed by atoms with van der Waals surface area (Å²) in [6.45, 7) is 5.99. The molecule has 3 rings (SSSR count). The second kappa shape index (κ2) is 7.14. The summed E-state index contributed by atoms with van der Waals surface area (Å²) in [7, 11) is 0. The third-order valence-corrected chi connectivity index (χ3v) is 4.60. The highest BCUT2D eigenvalue weighted by molar-refractivity contribution is 6.32. The number of nitrogens with zero attached hydrogens (tertiary/aromatic N) is 2. The third-order valence-electron chi connectivity index (χ3n) is 4.17. The zero-order chi connectivity index (χ0) is 15.4. The zero-order valence-electron chi connectivity index (χ0n) is 12.6. The lowest BCUT2D eigenvalue weighted by Crippen LogP contribution is -2.45. The highest BCUT2D eigenvalue weighted by atomic mass is 35.5. The van der Waals surface area contributed by atoms with Gasteiger partial charge < -0.3 is 5.11 Å². The van der Waals surface area contributed by atoms with Crippen LogP contribution in [0.1, 0.15) is 11.1 Å². The minimum atomic E-state index is 0.168. The van der Waals surface area contributed by atoms with E-state index in [1.165, 1.54) is 5.56 Å². The van der Waals surface area contributed by atoms with Gasteiger partial charge in [0.15, 0.2) is 0 Å². The van der Waals surface area contributed by atoms with Crippen LogP contribution in [0.15, 0.2) is 48.5 Å². The smallest absolute Gasteiger partial charge is 0.134 e. The number of hydrogen-bond acceptors (Lipinski definition) is 3. The maximum atomic E-state index is 9.68. The average Bonchev–Trinajstić information content (AvgIpc) is 2.55. The molecule has 3 nitrogen and oxygen atoms in total. The van der Waals surface area contributed by atoms with Crippen LogP contribution in [-0.2, 0) is 13.1 Å². The Labute approximate surface area is 136 Å². The first-order chi connectivity index (χ1) is 10.7. The predicted octanol–water partition coefficient (Wildman–Crippen LogP) is 3.36. The number of aromatic hydroxyl groups is 1. The molecule has 22 heavy (non-hydrogen) atoms. The van der Waals surface area contributed by atoms with Gasteiger partial charge in [0.05, 0.1) is 5.02 Å². The first kappa shape index (κ1) is 15.3. The van der Waals surface area contributed by atoms with E-state index in [-0.39, 0.29) is 5.75 Å². The van der Waals surface area contributed by atoms with E-state index in [9.17, 15) is 5.11 Å². The van der Waals surface area contributed by atoms with Crippen LogP contribution >= 0.6 is 11.6 Å². The Morgan fingerprint density at radius 2 is 1.45 bits per heavy atom. The summed E-state index contributed by atoms with van der Waals surface area (Å²) in [6, 6.07) is 16.1. The van der Waals surface area contributed by atoms with Gasteiger partial charge in [0.1, 0.15) is 5.75 Å². The van der Waals surface area contributed by atoms with Crippen molar-refractivity contribution in [3.05, 3.63) is 64.7 Å². The summed E-state index contributed by atoms with van der Waals surface area (Å²) in [4.78, 5) is 4.87. The lowest BCUT2D eigenvalue weighted by atomic mass is 10.1. The Morgan fingerprint density at radius 1 is 0.818 bits per heavy atom. The van der Waals surface area contributed by atoms with Crippen molar-refractivity contribution in [3.63, 3.8) is 0 Å². The van der Waals surface area contributed by atoms with Crippen molar-refractivity contribution in [3.8, 4) is 5.75 Å². The fourth-order valence-corrected chi connectivity index (χ4v) is 3.06. The summed E-state index contributed by atoms with van der Waals surface area (Å²) in [5.74, 6) is 0.168. The normalized spacial score (nSPS) is 16.8. The molecule has 4 heteroatoms. The fraction of sp³-hybridized carbons (Fsp3) is 0.333. The van der Waals surface area contributed by atoms with E-state index in [1.807, 2.05) is 12.1 Å². The quantitative estimate of drug-likeness (QED) is 0.937. The summed E-state index contributed by atoms with van der Waals surface area (Å²) >= 11 is 6.16. The zero-order valence-corrected chi connectivity index (χ0v) is 13.3. The Morgan fingerprint density at radius 3 is 2.14 bits per heavy atom. The van der Waals surface area contributed by atoms with Crippen LogP contribution in [0.5, 0.6) is 5.75 Å². The lowest BCUT2D eigenvalue weighted by molar-refractivity contribution is 0.122. The number of piperazine rings is 1. The van der Waals surface area contributed by atoms with Crippen molar-refractivity contribution in [2.75, 3.05) is 26.2 Å². The molecule has 116 valence electrons. The number of rotatable bonds is 4. The van der Waals surface area contributed by atoms with Crippen LogP contribution in [-0.4, -0.2) is 41.1 Å². The Balaban J connectivity index is 1.52. The Kier molecular flexibility index (Phi) is 4.98. The van der Waals surface area contributed by atoms with Crippen LogP contribution in [0.4, 0.5) is 0 Å².